The van der Waals surface area contributed by atoms with E-state index in [2.05, 4.69) is 28.1 Å². The number of hydrogen-bond acceptors (Lipinski definition) is 2. The van der Waals surface area contributed by atoms with Gasteiger partial charge in [0.25, 0.3) is 0 Å². The molecule has 0 radical (unpaired) electrons. The second-order valence-electron chi connectivity index (χ2n) is 6.74. The molecule has 0 unspecified atom stereocenters. The number of benzene rings is 1. The van der Waals surface area contributed by atoms with E-state index in [-0.39, 0.29) is 5.91 Å². The number of pyridine rings is 1. The van der Waals surface area contributed by atoms with E-state index in [0.717, 1.165) is 24.0 Å². The van der Waals surface area contributed by atoms with Crippen LogP contribution in [0.15, 0.2) is 42.7 Å². The van der Waals surface area contributed by atoms with Crippen molar-refractivity contribution in [3.63, 3.8) is 0 Å². The van der Waals surface area contributed by atoms with Gasteiger partial charge in [-0.15, -0.1) is 0 Å². The van der Waals surface area contributed by atoms with Gasteiger partial charge in [-0.3, -0.25) is 9.78 Å². The molecular formula is C20H22N2O. The molecule has 2 aliphatic carbocycles. The number of carbonyl (C=O) groups excluding carboxylic acids is 1. The maximum Gasteiger partial charge on any atom is 0.227 e. The molecule has 3 nitrogen and oxygen atoms in total. The van der Waals surface area contributed by atoms with Gasteiger partial charge in [-0.05, 0) is 66.5 Å². The van der Waals surface area contributed by atoms with Gasteiger partial charge in [-0.25, -0.2) is 0 Å². The second kappa shape index (κ2) is 6.15. The van der Waals surface area contributed by atoms with Crippen LogP contribution in [-0.2, 0) is 30.6 Å². The predicted molar refractivity (Wildman–Crippen MR) is 90.0 cm³/mol. The van der Waals surface area contributed by atoms with Crippen LogP contribution in [0.5, 0.6) is 0 Å². The van der Waals surface area contributed by atoms with Crippen molar-refractivity contribution in [1.29, 1.82) is 0 Å². The number of aryl methyl sites for hydroxylation is 2. The maximum atomic E-state index is 12.8. The molecule has 1 saturated carbocycles. The standard InChI is InChI=1S/C20H22N2O/c23-20(13-16-4-5-17-2-1-3-18(17)12-16)22(19-6-7-19)14-15-8-10-21-11-9-15/h4-5,8-12,19H,1-3,6-7,13-14H2. The van der Waals surface area contributed by atoms with Crippen LogP contribution >= 0.6 is 0 Å². The number of nitrogens with zero attached hydrogens (tertiary/aromatic N) is 2. The molecule has 0 N–H and O–H groups in total. The number of rotatable bonds is 5. The topological polar surface area (TPSA) is 33.2 Å². The van der Waals surface area contributed by atoms with E-state index in [1.807, 2.05) is 12.1 Å². The zero-order valence-corrected chi connectivity index (χ0v) is 13.4. The van der Waals surface area contributed by atoms with Gasteiger partial charge in [0, 0.05) is 25.0 Å². The van der Waals surface area contributed by atoms with Crippen LogP contribution in [-0.4, -0.2) is 21.8 Å². The molecule has 0 saturated heterocycles. The summed E-state index contributed by atoms with van der Waals surface area (Å²) in [5.41, 5.74) is 5.24. The van der Waals surface area contributed by atoms with Crippen molar-refractivity contribution >= 4 is 5.91 Å². The molecule has 2 aliphatic rings. The first kappa shape index (κ1) is 14.4. The molecule has 4 rings (SSSR count). The smallest absolute Gasteiger partial charge is 0.227 e. The second-order valence-corrected chi connectivity index (χ2v) is 6.74. The number of hydrogen-bond donors (Lipinski definition) is 0. The lowest BCUT2D eigenvalue weighted by Crippen LogP contribution is -2.33. The summed E-state index contributed by atoms with van der Waals surface area (Å²) in [7, 11) is 0. The van der Waals surface area contributed by atoms with Crippen LogP contribution in [0.2, 0.25) is 0 Å². The Bertz CT molecular complexity index is 707. The van der Waals surface area contributed by atoms with Crippen LogP contribution in [0, 0.1) is 0 Å². The largest absolute Gasteiger partial charge is 0.335 e. The van der Waals surface area contributed by atoms with Gasteiger partial charge < -0.3 is 4.90 Å². The molecule has 2 aromatic rings. The molecule has 1 amide bonds. The summed E-state index contributed by atoms with van der Waals surface area (Å²) in [5, 5.41) is 0. The monoisotopic (exact) mass is 306 g/mol. The minimum Gasteiger partial charge on any atom is -0.335 e. The average molecular weight is 306 g/mol. The highest BCUT2D eigenvalue weighted by atomic mass is 16.2. The third-order valence-corrected chi connectivity index (χ3v) is 4.93. The van der Waals surface area contributed by atoms with Crippen molar-refractivity contribution in [3.8, 4) is 0 Å². The third-order valence-electron chi connectivity index (χ3n) is 4.93. The lowest BCUT2D eigenvalue weighted by atomic mass is 10.0. The Hall–Kier alpha value is -2.16. The molecule has 23 heavy (non-hydrogen) atoms. The van der Waals surface area contributed by atoms with Crippen LogP contribution in [0.25, 0.3) is 0 Å². The van der Waals surface area contributed by atoms with Crippen LogP contribution in [0.3, 0.4) is 0 Å². The van der Waals surface area contributed by atoms with Gasteiger partial charge in [0.2, 0.25) is 5.91 Å². The summed E-state index contributed by atoms with van der Waals surface area (Å²) >= 11 is 0. The average Bonchev–Trinajstić information content (AvgIpc) is 3.30. The van der Waals surface area contributed by atoms with Crippen molar-refractivity contribution < 1.29 is 4.79 Å². The van der Waals surface area contributed by atoms with E-state index in [1.54, 1.807) is 12.4 Å². The molecule has 1 heterocycles. The normalized spacial score (nSPS) is 16.2. The zero-order valence-electron chi connectivity index (χ0n) is 13.4. The van der Waals surface area contributed by atoms with Gasteiger partial charge in [0.05, 0.1) is 6.42 Å². The number of carbonyl (C=O) groups is 1. The highest BCUT2D eigenvalue weighted by Gasteiger charge is 2.32. The van der Waals surface area contributed by atoms with E-state index in [1.165, 1.54) is 30.4 Å². The Morgan fingerprint density at radius 3 is 2.61 bits per heavy atom. The molecule has 1 fully saturated rings. The van der Waals surface area contributed by atoms with Gasteiger partial charge in [-0.1, -0.05) is 18.2 Å². The van der Waals surface area contributed by atoms with Crippen LogP contribution in [0.4, 0.5) is 0 Å². The Kier molecular flexibility index (Phi) is 3.86. The van der Waals surface area contributed by atoms with E-state index >= 15 is 0 Å². The van der Waals surface area contributed by atoms with E-state index < -0.39 is 0 Å². The molecule has 1 aromatic carbocycles. The fraction of sp³-hybridized carbons (Fsp3) is 0.400. The van der Waals surface area contributed by atoms with Crippen molar-refractivity contribution in [1.82, 2.24) is 9.88 Å². The Morgan fingerprint density at radius 1 is 1.04 bits per heavy atom. The Balaban J connectivity index is 1.47. The maximum absolute atomic E-state index is 12.8. The van der Waals surface area contributed by atoms with E-state index in [4.69, 9.17) is 0 Å². The molecule has 1 aromatic heterocycles. The highest BCUT2D eigenvalue weighted by Crippen LogP contribution is 2.29. The van der Waals surface area contributed by atoms with Crippen LogP contribution < -0.4 is 0 Å². The fourth-order valence-electron chi connectivity index (χ4n) is 3.50. The summed E-state index contributed by atoms with van der Waals surface area (Å²) < 4.78 is 0. The summed E-state index contributed by atoms with van der Waals surface area (Å²) in [6, 6.07) is 11.0. The highest BCUT2D eigenvalue weighted by molar-refractivity contribution is 5.79. The molecule has 3 heteroatoms. The van der Waals surface area contributed by atoms with Gasteiger partial charge >= 0.3 is 0 Å². The lowest BCUT2D eigenvalue weighted by molar-refractivity contribution is -0.131. The predicted octanol–water partition coefficient (Wildman–Crippen LogP) is 3.30. The molecule has 118 valence electrons. The summed E-state index contributed by atoms with van der Waals surface area (Å²) in [6.45, 7) is 0.705. The Morgan fingerprint density at radius 2 is 1.83 bits per heavy atom. The van der Waals surface area contributed by atoms with Crippen molar-refractivity contribution in [2.45, 2.75) is 51.1 Å². The van der Waals surface area contributed by atoms with Gasteiger partial charge in [0.1, 0.15) is 0 Å². The number of aromatic nitrogens is 1. The first-order chi connectivity index (χ1) is 11.3. The third kappa shape index (κ3) is 3.29. The fourth-order valence-corrected chi connectivity index (χ4v) is 3.50. The van der Waals surface area contributed by atoms with Crippen molar-refractivity contribution in [2.75, 3.05) is 0 Å². The molecule has 0 bridgehead atoms. The molecule has 0 atom stereocenters. The van der Waals surface area contributed by atoms with Crippen LogP contribution in [0.1, 0.15) is 41.5 Å². The summed E-state index contributed by atoms with van der Waals surface area (Å²) in [5.74, 6) is 0.252. The number of fused-ring (bicyclic) bond motifs is 1. The van der Waals surface area contributed by atoms with Gasteiger partial charge in [0.15, 0.2) is 0 Å². The zero-order chi connectivity index (χ0) is 15.6. The van der Waals surface area contributed by atoms with Crippen molar-refractivity contribution in [3.05, 3.63) is 65.0 Å². The minimum absolute atomic E-state index is 0.252. The minimum atomic E-state index is 0.252. The first-order valence-corrected chi connectivity index (χ1v) is 8.58. The SMILES string of the molecule is O=C(Cc1ccc2c(c1)CCC2)N(Cc1ccncc1)C1CC1. The number of amides is 1. The molecule has 0 spiro atoms. The molecule has 0 aliphatic heterocycles. The quantitative estimate of drug-likeness (QED) is 0.849. The van der Waals surface area contributed by atoms with Crippen molar-refractivity contribution in [2.24, 2.45) is 0 Å². The molecular weight excluding hydrogens is 284 g/mol. The Labute approximate surface area is 137 Å². The van der Waals surface area contributed by atoms with E-state index in [9.17, 15) is 4.79 Å². The first-order valence-electron chi connectivity index (χ1n) is 8.58. The summed E-state index contributed by atoms with van der Waals surface area (Å²) in [4.78, 5) is 18.9. The van der Waals surface area contributed by atoms with E-state index in [0.29, 0.717) is 19.0 Å². The summed E-state index contributed by atoms with van der Waals surface area (Å²) in [6.07, 6.45) is 10.0. The van der Waals surface area contributed by atoms with Gasteiger partial charge in [-0.2, -0.15) is 0 Å². The lowest BCUT2D eigenvalue weighted by Gasteiger charge is -2.23.